The van der Waals surface area contributed by atoms with Crippen LogP contribution in [-0.2, 0) is 4.74 Å². The molecule has 1 aliphatic heterocycles. The van der Waals surface area contributed by atoms with Gasteiger partial charge in [0.2, 0.25) is 0 Å². The average Bonchev–Trinajstić information content (AvgIpc) is 2.23. The van der Waals surface area contributed by atoms with Gasteiger partial charge in [0.1, 0.15) is 0 Å². The van der Waals surface area contributed by atoms with Crippen molar-refractivity contribution < 1.29 is 9.84 Å². The highest BCUT2D eigenvalue weighted by Crippen LogP contribution is 1.99. The summed E-state index contributed by atoms with van der Waals surface area (Å²) in [7, 11) is 2.76. The van der Waals surface area contributed by atoms with Gasteiger partial charge >= 0.3 is 0 Å². The summed E-state index contributed by atoms with van der Waals surface area (Å²) in [6.45, 7) is 8.88. The third-order valence-electron chi connectivity index (χ3n) is 2.22. The van der Waals surface area contributed by atoms with Crippen LogP contribution in [0.1, 0.15) is 6.92 Å². The molecule has 0 spiro atoms. The van der Waals surface area contributed by atoms with Gasteiger partial charge in [-0.1, -0.05) is 6.92 Å². The number of hydrogen-bond donors (Lipinski definition) is 1. The van der Waals surface area contributed by atoms with Gasteiger partial charge in [-0.05, 0) is 6.54 Å². The molecule has 0 bridgehead atoms. The second-order valence-corrected chi connectivity index (χ2v) is 2.97. The Balaban J connectivity index is 0.000000671. The maximum atomic E-state index is 7.00. The minimum absolute atomic E-state index is 0.789. The first kappa shape index (κ1) is 12.8. The molecule has 1 saturated heterocycles. The van der Waals surface area contributed by atoms with E-state index < -0.39 is 0 Å². The number of nitrogens with zero attached hydrogens (tertiary/aromatic N) is 2. The monoisotopic (exact) mass is 190 g/mol. The SMILES string of the molecule is CCN1CCN(COC)CC1.CO. The van der Waals surface area contributed by atoms with E-state index in [1.165, 1.54) is 19.6 Å². The second-order valence-electron chi connectivity index (χ2n) is 2.97. The van der Waals surface area contributed by atoms with Gasteiger partial charge in [0, 0.05) is 40.4 Å². The van der Waals surface area contributed by atoms with E-state index in [-0.39, 0.29) is 0 Å². The first-order valence-electron chi connectivity index (χ1n) is 4.75. The molecule has 0 aromatic heterocycles. The van der Waals surface area contributed by atoms with Crippen molar-refractivity contribution >= 4 is 0 Å². The van der Waals surface area contributed by atoms with Crippen LogP contribution in [0.2, 0.25) is 0 Å². The normalized spacial score (nSPS) is 19.4. The Bertz CT molecular complexity index is 104. The number of methoxy groups -OCH3 is 1. The van der Waals surface area contributed by atoms with Crippen LogP contribution < -0.4 is 0 Å². The standard InChI is InChI=1S/C8H18N2O.CH4O/c1-3-9-4-6-10(7-5-9)8-11-2;1-2/h3-8H2,1-2H3;2H,1H3. The van der Waals surface area contributed by atoms with Crippen molar-refractivity contribution in [2.75, 3.05) is 53.7 Å². The van der Waals surface area contributed by atoms with Crippen LogP contribution in [-0.4, -0.2) is 68.6 Å². The van der Waals surface area contributed by atoms with Gasteiger partial charge in [0.25, 0.3) is 0 Å². The Morgan fingerprint density at radius 2 is 1.54 bits per heavy atom. The molecule has 0 aromatic rings. The van der Waals surface area contributed by atoms with Crippen LogP contribution >= 0.6 is 0 Å². The van der Waals surface area contributed by atoms with E-state index in [1.54, 1.807) is 7.11 Å². The zero-order valence-electron chi connectivity index (χ0n) is 8.99. The molecule has 1 N–H and O–H groups in total. The molecule has 0 aliphatic carbocycles. The molecule has 1 fully saturated rings. The van der Waals surface area contributed by atoms with E-state index in [0.29, 0.717) is 0 Å². The molecule has 1 heterocycles. The van der Waals surface area contributed by atoms with Crippen molar-refractivity contribution in [3.63, 3.8) is 0 Å². The summed E-state index contributed by atoms with van der Waals surface area (Å²) in [5.74, 6) is 0. The summed E-state index contributed by atoms with van der Waals surface area (Å²) in [5, 5.41) is 7.00. The second kappa shape index (κ2) is 8.44. The molecule has 80 valence electrons. The summed E-state index contributed by atoms with van der Waals surface area (Å²) < 4.78 is 5.06. The molecular weight excluding hydrogens is 168 g/mol. The number of aliphatic hydroxyl groups is 1. The van der Waals surface area contributed by atoms with Gasteiger partial charge in [-0.25, -0.2) is 0 Å². The quantitative estimate of drug-likeness (QED) is 0.670. The van der Waals surface area contributed by atoms with Crippen molar-refractivity contribution in [2.24, 2.45) is 0 Å². The minimum atomic E-state index is 0.789. The van der Waals surface area contributed by atoms with Gasteiger partial charge in [-0.3, -0.25) is 4.90 Å². The molecule has 4 heteroatoms. The largest absolute Gasteiger partial charge is 0.400 e. The van der Waals surface area contributed by atoms with Crippen molar-refractivity contribution in [1.82, 2.24) is 9.80 Å². The lowest BCUT2D eigenvalue weighted by atomic mass is 10.3. The van der Waals surface area contributed by atoms with Crippen LogP contribution in [0.5, 0.6) is 0 Å². The topological polar surface area (TPSA) is 35.9 Å². The fourth-order valence-electron chi connectivity index (χ4n) is 1.42. The zero-order chi connectivity index (χ0) is 10.1. The average molecular weight is 190 g/mol. The molecule has 13 heavy (non-hydrogen) atoms. The van der Waals surface area contributed by atoms with Crippen molar-refractivity contribution in [3.05, 3.63) is 0 Å². The van der Waals surface area contributed by atoms with E-state index in [0.717, 1.165) is 26.9 Å². The Morgan fingerprint density at radius 3 is 1.92 bits per heavy atom. The summed E-state index contributed by atoms with van der Waals surface area (Å²) >= 11 is 0. The Hall–Kier alpha value is -0.160. The molecule has 0 atom stereocenters. The van der Waals surface area contributed by atoms with Crippen LogP contribution in [0, 0.1) is 0 Å². The molecule has 0 unspecified atom stereocenters. The van der Waals surface area contributed by atoms with Crippen LogP contribution in [0.4, 0.5) is 0 Å². The molecule has 4 nitrogen and oxygen atoms in total. The van der Waals surface area contributed by atoms with E-state index in [9.17, 15) is 0 Å². The molecule has 1 aliphatic rings. The fourth-order valence-corrected chi connectivity index (χ4v) is 1.42. The summed E-state index contributed by atoms with van der Waals surface area (Å²) in [4.78, 5) is 4.80. The minimum Gasteiger partial charge on any atom is -0.400 e. The number of rotatable bonds is 3. The molecular formula is C9H22N2O2. The summed E-state index contributed by atoms with van der Waals surface area (Å²) in [6.07, 6.45) is 0. The van der Waals surface area contributed by atoms with Crippen LogP contribution in [0.3, 0.4) is 0 Å². The first-order chi connectivity index (χ1) is 6.36. The molecule has 0 radical (unpaired) electrons. The van der Waals surface area contributed by atoms with Crippen molar-refractivity contribution in [2.45, 2.75) is 6.92 Å². The molecule has 1 rings (SSSR count). The Morgan fingerprint density at radius 1 is 1.08 bits per heavy atom. The lowest BCUT2D eigenvalue weighted by molar-refractivity contribution is 0.0283. The number of piperazine rings is 1. The summed E-state index contributed by atoms with van der Waals surface area (Å²) in [5.41, 5.74) is 0. The fraction of sp³-hybridized carbons (Fsp3) is 1.00. The molecule has 0 aromatic carbocycles. The smallest absolute Gasteiger partial charge is 0.0987 e. The predicted octanol–water partition coefficient (Wildman–Crippen LogP) is -0.164. The Kier molecular flexibility index (Phi) is 8.33. The van der Waals surface area contributed by atoms with Crippen molar-refractivity contribution in [1.29, 1.82) is 0 Å². The van der Waals surface area contributed by atoms with E-state index in [2.05, 4.69) is 16.7 Å². The van der Waals surface area contributed by atoms with Gasteiger partial charge in [0.05, 0.1) is 6.73 Å². The van der Waals surface area contributed by atoms with Gasteiger partial charge in [0.15, 0.2) is 0 Å². The maximum absolute atomic E-state index is 7.00. The van der Waals surface area contributed by atoms with Gasteiger partial charge in [-0.2, -0.15) is 0 Å². The van der Waals surface area contributed by atoms with Crippen LogP contribution in [0.15, 0.2) is 0 Å². The number of likely N-dealkylation sites (N-methyl/N-ethyl adjacent to an activating group) is 1. The summed E-state index contributed by atoms with van der Waals surface area (Å²) in [6, 6.07) is 0. The zero-order valence-corrected chi connectivity index (χ0v) is 8.99. The third kappa shape index (κ3) is 5.21. The predicted molar refractivity (Wildman–Crippen MR) is 53.7 cm³/mol. The molecule has 0 amide bonds. The third-order valence-corrected chi connectivity index (χ3v) is 2.22. The Labute approximate surface area is 81.1 Å². The highest BCUT2D eigenvalue weighted by atomic mass is 16.5. The van der Waals surface area contributed by atoms with E-state index >= 15 is 0 Å². The molecule has 0 saturated carbocycles. The highest BCUT2D eigenvalue weighted by molar-refractivity contribution is 4.68. The van der Waals surface area contributed by atoms with Gasteiger partial charge < -0.3 is 14.7 Å². The number of hydrogen-bond acceptors (Lipinski definition) is 4. The lowest BCUT2D eigenvalue weighted by Crippen LogP contribution is -2.46. The highest BCUT2D eigenvalue weighted by Gasteiger charge is 2.13. The van der Waals surface area contributed by atoms with Crippen LogP contribution in [0.25, 0.3) is 0 Å². The maximum Gasteiger partial charge on any atom is 0.0987 e. The first-order valence-corrected chi connectivity index (χ1v) is 4.75. The van der Waals surface area contributed by atoms with Gasteiger partial charge in [-0.15, -0.1) is 0 Å². The number of aliphatic hydroxyl groups excluding tert-OH is 1. The van der Waals surface area contributed by atoms with E-state index in [1.807, 2.05) is 0 Å². The van der Waals surface area contributed by atoms with E-state index in [4.69, 9.17) is 9.84 Å². The number of ether oxygens (including phenoxy) is 1. The van der Waals surface area contributed by atoms with Crippen molar-refractivity contribution in [3.8, 4) is 0 Å². The lowest BCUT2D eigenvalue weighted by Gasteiger charge is -2.33.